The molecule has 0 fully saturated rings. The maximum Gasteiger partial charge on any atom is 0.276 e. The number of hydrogen-bond acceptors (Lipinski definition) is 3. The van der Waals surface area contributed by atoms with E-state index in [2.05, 4.69) is 29.4 Å². The minimum Gasteiger partial charge on any atom is -0.355 e. The fraction of sp³-hybridized carbons (Fsp3) is 0.143. The van der Waals surface area contributed by atoms with Gasteiger partial charge in [0.25, 0.3) is 5.91 Å². The second-order valence-electron chi connectivity index (χ2n) is 6.21. The number of aryl methyl sites for hydroxylation is 1. The number of hydrogen-bond donors (Lipinski definition) is 1. The number of rotatable bonds is 3. The quantitative estimate of drug-likeness (QED) is 0.777. The van der Waals surface area contributed by atoms with E-state index in [1.54, 1.807) is 6.20 Å². The summed E-state index contributed by atoms with van der Waals surface area (Å²) in [4.78, 5) is 19.0. The number of benzene rings is 2. The number of fused-ring (bicyclic) bond motifs is 1. The van der Waals surface area contributed by atoms with Gasteiger partial charge >= 0.3 is 0 Å². The van der Waals surface area contributed by atoms with Gasteiger partial charge in [0, 0.05) is 29.8 Å². The summed E-state index contributed by atoms with van der Waals surface area (Å²) in [5.74, 6) is -0.0571. The molecule has 1 amide bonds. The summed E-state index contributed by atoms with van der Waals surface area (Å²) in [6.45, 7) is 2.76. The van der Waals surface area contributed by atoms with Gasteiger partial charge in [-0.2, -0.15) is 0 Å². The molecule has 0 saturated carbocycles. The van der Waals surface area contributed by atoms with E-state index < -0.39 is 0 Å². The fourth-order valence-corrected chi connectivity index (χ4v) is 3.18. The lowest BCUT2D eigenvalue weighted by Crippen LogP contribution is -2.29. The van der Waals surface area contributed by atoms with Crippen LogP contribution in [-0.4, -0.2) is 17.4 Å². The van der Waals surface area contributed by atoms with E-state index in [1.807, 2.05) is 53.4 Å². The van der Waals surface area contributed by atoms with Crippen LogP contribution in [0.4, 0.5) is 17.1 Å². The maximum absolute atomic E-state index is 12.9. The zero-order chi connectivity index (χ0) is 17.2. The first kappa shape index (κ1) is 15.4. The highest BCUT2D eigenvalue weighted by Gasteiger charge is 2.26. The van der Waals surface area contributed by atoms with Crippen molar-refractivity contribution in [2.75, 3.05) is 16.8 Å². The molecule has 124 valence electrons. The molecule has 4 nitrogen and oxygen atoms in total. The smallest absolute Gasteiger partial charge is 0.276 e. The van der Waals surface area contributed by atoms with E-state index in [0.29, 0.717) is 12.2 Å². The van der Waals surface area contributed by atoms with Crippen LogP contribution in [0.25, 0.3) is 0 Å². The molecular weight excluding hydrogens is 310 g/mol. The summed E-state index contributed by atoms with van der Waals surface area (Å²) in [6, 6.07) is 19.8. The second kappa shape index (κ2) is 6.40. The van der Waals surface area contributed by atoms with E-state index in [9.17, 15) is 4.79 Å². The molecule has 0 radical (unpaired) electrons. The highest BCUT2D eigenvalue weighted by Crippen LogP contribution is 2.29. The van der Waals surface area contributed by atoms with Crippen molar-refractivity contribution in [2.45, 2.75) is 13.3 Å². The van der Waals surface area contributed by atoms with E-state index in [0.717, 1.165) is 29.0 Å². The van der Waals surface area contributed by atoms with E-state index >= 15 is 0 Å². The zero-order valence-corrected chi connectivity index (χ0v) is 14.1. The van der Waals surface area contributed by atoms with Crippen LogP contribution in [0.5, 0.6) is 0 Å². The molecular formula is C21H19N3O. The van der Waals surface area contributed by atoms with Crippen LogP contribution in [-0.2, 0) is 6.42 Å². The predicted molar refractivity (Wildman–Crippen MR) is 101 cm³/mol. The zero-order valence-electron chi connectivity index (χ0n) is 14.1. The third-order valence-electron chi connectivity index (χ3n) is 4.54. The van der Waals surface area contributed by atoms with Crippen molar-refractivity contribution in [1.29, 1.82) is 0 Å². The Morgan fingerprint density at radius 1 is 1.08 bits per heavy atom. The fourth-order valence-electron chi connectivity index (χ4n) is 3.18. The van der Waals surface area contributed by atoms with Crippen LogP contribution in [0, 0.1) is 6.92 Å². The Hall–Kier alpha value is -3.14. The number of carbonyl (C=O) groups excluding carboxylic acids is 1. The summed E-state index contributed by atoms with van der Waals surface area (Å²) >= 11 is 0. The monoisotopic (exact) mass is 329 g/mol. The Labute approximate surface area is 147 Å². The van der Waals surface area contributed by atoms with Crippen LogP contribution in [0.1, 0.15) is 21.6 Å². The molecule has 0 saturated heterocycles. The van der Waals surface area contributed by atoms with Crippen molar-refractivity contribution in [3.05, 3.63) is 83.7 Å². The molecule has 1 aromatic heterocycles. The van der Waals surface area contributed by atoms with Gasteiger partial charge in [-0.3, -0.25) is 9.78 Å². The lowest BCUT2D eigenvalue weighted by molar-refractivity contribution is 0.0984. The standard InChI is InChI=1S/C21H19N3O/c1-15-6-2-4-8-18(15)23-17-10-12-22-19(14-17)21(25)24-13-11-16-7-3-5-9-20(16)24/h2-10,12,14H,11,13H2,1H3,(H,22,23). The van der Waals surface area contributed by atoms with Gasteiger partial charge in [0.2, 0.25) is 0 Å². The van der Waals surface area contributed by atoms with Gasteiger partial charge < -0.3 is 10.2 Å². The third-order valence-corrected chi connectivity index (χ3v) is 4.54. The van der Waals surface area contributed by atoms with Crippen molar-refractivity contribution < 1.29 is 4.79 Å². The molecule has 0 aliphatic carbocycles. The van der Waals surface area contributed by atoms with Gasteiger partial charge in [0.15, 0.2) is 0 Å². The Kier molecular flexibility index (Phi) is 3.94. The van der Waals surface area contributed by atoms with Crippen LogP contribution in [0.15, 0.2) is 66.9 Å². The molecule has 1 aliphatic rings. The summed E-state index contributed by atoms with van der Waals surface area (Å²) in [7, 11) is 0. The number of anilines is 3. The average molecular weight is 329 g/mol. The number of carbonyl (C=O) groups is 1. The van der Waals surface area contributed by atoms with Crippen LogP contribution < -0.4 is 10.2 Å². The second-order valence-corrected chi connectivity index (χ2v) is 6.21. The van der Waals surface area contributed by atoms with Gasteiger partial charge in [-0.1, -0.05) is 36.4 Å². The largest absolute Gasteiger partial charge is 0.355 e. The number of nitrogens with zero attached hydrogens (tertiary/aromatic N) is 2. The molecule has 0 spiro atoms. The topological polar surface area (TPSA) is 45.2 Å². The molecule has 1 N–H and O–H groups in total. The number of aromatic nitrogens is 1. The molecule has 2 heterocycles. The average Bonchev–Trinajstić information content (AvgIpc) is 3.07. The van der Waals surface area contributed by atoms with Crippen molar-refractivity contribution in [3.63, 3.8) is 0 Å². The van der Waals surface area contributed by atoms with E-state index in [4.69, 9.17) is 0 Å². The van der Waals surface area contributed by atoms with Crippen molar-refractivity contribution in [2.24, 2.45) is 0 Å². The minimum absolute atomic E-state index is 0.0571. The minimum atomic E-state index is -0.0571. The summed E-state index contributed by atoms with van der Waals surface area (Å²) < 4.78 is 0. The van der Waals surface area contributed by atoms with Gasteiger partial charge in [-0.25, -0.2) is 0 Å². The molecule has 0 unspecified atom stereocenters. The van der Waals surface area contributed by atoms with Crippen LogP contribution in [0.2, 0.25) is 0 Å². The third kappa shape index (κ3) is 2.98. The van der Waals surface area contributed by atoms with Gasteiger partial charge in [0.05, 0.1) is 0 Å². The molecule has 4 rings (SSSR count). The summed E-state index contributed by atoms with van der Waals surface area (Å²) in [6.07, 6.45) is 2.57. The summed E-state index contributed by atoms with van der Waals surface area (Å²) in [5, 5.41) is 3.37. The van der Waals surface area contributed by atoms with E-state index in [1.165, 1.54) is 5.56 Å². The molecule has 4 heteroatoms. The molecule has 25 heavy (non-hydrogen) atoms. The lowest BCUT2D eigenvalue weighted by atomic mass is 10.2. The highest BCUT2D eigenvalue weighted by molar-refractivity contribution is 6.06. The Morgan fingerprint density at radius 2 is 1.88 bits per heavy atom. The SMILES string of the molecule is Cc1ccccc1Nc1ccnc(C(=O)N2CCc3ccccc32)c1. The van der Waals surface area contributed by atoms with Crippen molar-refractivity contribution >= 4 is 23.0 Å². The van der Waals surface area contributed by atoms with Crippen LogP contribution >= 0.6 is 0 Å². The molecule has 1 aliphatic heterocycles. The van der Waals surface area contributed by atoms with Crippen molar-refractivity contribution in [1.82, 2.24) is 4.98 Å². The van der Waals surface area contributed by atoms with Crippen LogP contribution in [0.3, 0.4) is 0 Å². The van der Waals surface area contributed by atoms with E-state index in [-0.39, 0.29) is 5.91 Å². The Morgan fingerprint density at radius 3 is 2.76 bits per heavy atom. The van der Waals surface area contributed by atoms with Gasteiger partial charge in [-0.05, 0) is 48.7 Å². The van der Waals surface area contributed by atoms with Gasteiger partial charge in [0.1, 0.15) is 5.69 Å². The van der Waals surface area contributed by atoms with Crippen molar-refractivity contribution in [3.8, 4) is 0 Å². The highest BCUT2D eigenvalue weighted by atomic mass is 16.2. The first-order valence-electron chi connectivity index (χ1n) is 8.41. The maximum atomic E-state index is 12.9. The number of amides is 1. The first-order valence-corrected chi connectivity index (χ1v) is 8.41. The Bertz CT molecular complexity index is 936. The molecule has 3 aromatic rings. The summed E-state index contributed by atoms with van der Waals surface area (Å²) in [5.41, 5.74) is 5.70. The molecule has 0 atom stereocenters. The number of para-hydroxylation sites is 2. The first-order chi connectivity index (χ1) is 12.2. The number of pyridine rings is 1. The predicted octanol–water partition coefficient (Wildman–Crippen LogP) is 4.34. The molecule has 2 aromatic carbocycles. The molecule has 0 bridgehead atoms. The van der Waals surface area contributed by atoms with Gasteiger partial charge in [-0.15, -0.1) is 0 Å². The number of nitrogens with one attached hydrogen (secondary N) is 1. The normalized spacial score (nSPS) is 12.8. The lowest BCUT2D eigenvalue weighted by Gasteiger charge is -2.17. The Balaban J connectivity index is 1.60.